The minimum atomic E-state index is -1.10. The zero-order valence-electron chi connectivity index (χ0n) is 36.3. The van der Waals surface area contributed by atoms with Gasteiger partial charge in [-0.1, -0.05) is 81.4 Å². The average molecular weight is 825 g/mol. The summed E-state index contributed by atoms with van der Waals surface area (Å²) in [6.45, 7) is 11.0. The molecule has 0 aliphatic carbocycles. The molecule has 1 aliphatic heterocycles. The zero-order chi connectivity index (χ0) is 44.3. The quantitative estimate of drug-likeness (QED) is 0.195. The number of rotatable bonds is 15. The van der Waals surface area contributed by atoms with Gasteiger partial charge in [-0.2, -0.15) is 0 Å². The van der Waals surface area contributed by atoms with Crippen molar-refractivity contribution in [1.29, 1.82) is 0 Å². The molecule has 0 fully saturated rings. The minimum Gasteiger partial charge on any atom is -0.467 e. The number of carbonyl (C=O) groups is 7. The van der Waals surface area contributed by atoms with Crippen LogP contribution < -0.4 is 10.6 Å². The Morgan fingerprint density at radius 2 is 1.50 bits per heavy atom. The lowest BCUT2D eigenvalue weighted by Crippen LogP contribution is -2.53. The third-order valence-corrected chi connectivity index (χ3v) is 11.0. The van der Waals surface area contributed by atoms with Gasteiger partial charge < -0.3 is 29.9 Å². The maximum Gasteiger partial charge on any atom is 0.328 e. The number of ketones is 2. The molecule has 5 atom stereocenters. The molecule has 0 radical (unpaired) electrons. The number of hydrogen-bond donors (Lipinski definition) is 2. The van der Waals surface area contributed by atoms with E-state index in [1.54, 1.807) is 13.0 Å². The second-order valence-corrected chi connectivity index (χ2v) is 16.3. The van der Waals surface area contributed by atoms with Gasteiger partial charge in [0.15, 0.2) is 11.6 Å². The Kier molecular flexibility index (Phi) is 16.9. The van der Waals surface area contributed by atoms with Crippen LogP contribution in [0.1, 0.15) is 87.2 Å². The van der Waals surface area contributed by atoms with Gasteiger partial charge in [0, 0.05) is 52.1 Å². The Labute approximate surface area is 353 Å². The molecule has 3 aromatic rings. The Morgan fingerprint density at radius 3 is 2.15 bits per heavy atom. The maximum absolute atomic E-state index is 14.2. The van der Waals surface area contributed by atoms with Crippen molar-refractivity contribution in [1.82, 2.24) is 20.4 Å². The van der Waals surface area contributed by atoms with Crippen molar-refractivity contribution in [2.75, 3.05) is 27.8 Å². The Balaban J connectivity index is 1.53. The fourth-order valence-electron chi connectivity index (χ4n) is 7.25. The highest BCUT2D eigenvalue weighted by molar-refractivity contribution is 5.96. The predicted molar refractivity (Wildman–Crippen MR) is 227 cm³/mol. The van der Waals surface area contributed by atoms with Crippen LogP contribution >= 0.6 is 0 Å². The molecule has 4 bridgehead atoms. The molecule has 60 heavy (non-hydrogen) atoms. The highest BCUT2D eigenvalue weighted by Crippen LogP contribution is 2.34. The van der Waals surface area contributed by atoms with Crippen molar-refractivity contribution in [3.8, 4) is 11.1 Å². The number of hydrogen-bond acceptors (Lipinski definition) is 9. The van der Waals surface area contributed by atoms with E-state index in [4.69, 9.17) is 9.47 Å². The van der Waals surface area contributed by atoms with Crippen molar-refractivity contribution in [3.63, 3.8) is 0 Å². The highest BCUT2D eigenvalue weighted by Gasteiger charge is 2.34. The first-order valence-corrected chi connectivity index (χ1v) is 20.5. The van der Waals surface area contributed by atoms with Gasteiger partial charge in [-0.15, -0.1) is 0 Å². The Morgan fingerprint density at radius 1 is 0.850 bits per heavy atom. The van der Waals surface area contributed by atoms with Gasteiger partial charge in [0.2, 0.25) is 23.6 Å². The third-order valence-electron chi connectivity index (χ3n) is 11.0. The van der Waals surface area contributed by atoms with Crippen LogP contribution in [0.15, 0.2) is 66.7 Å². The molecule has 0 spiro atoms. The molecule has 3 aromatic carbocycles. The topological polar surface area (TPSA) is 168 Å². The van der Waals surface area contributed by atoms with Crippen LogP contribution in [0.2, 0.25) is 0 Å². The molecule has 0 saturated carbocycles. The number of methoxy groups -OCH3 is 1. The summed E-state index contributed by atoms with van der Waals surface area (Å²) in [4.78, 5) is 97.1. The number of carbonyl (C=O) groups excluding carboxylic acids is 7. The van der Waals surface area contributed by atoms with Gasteiger partial charge in [-0.05, 0) is 71.7 Å². The van der Waals surface area contributed by atoms with Crippen molar-refractivity contribution >= 4 is 41.2 Å². The van der Waals surface area contributed by atoms with Crippen LogP contribution in [0.4, 0.5) is 0 Å². The van der Waals surface area contributed by atoms with Crippen molar-refractivity contribution in [3.05, 3.63) is 94.5 Å². The van der Waals surface area contributed by atoms with Gasteiger partial charge in [0.05, 0.1) is 26.4 Å². The van der Waals surface area contributed by atoms with E-state index in [1.807, 2.05) is 88.4 Å². The van der Waals surface area contributed by atoms with E-state index >= 15 is 0 Å². The number of ether oxygens (including phenoxy) is 2. The summed E-state index contributed by atoms with van der Waals surface area (Å²) in [5, 5.41) is 5.48. The molecule has 1 aliphatic rings. The lowest BCUT2D eigenvalue weighted by atomic mass is 9.87. The molecule has 0 aromatic heterocycles. The summed E-state index contributed by atoms with van der Waals surface area (Å²) in [6, 6.07) is 16.7. The lowest BCUT2D eigenvalue weighted by Gasteiger charge is -2.30. The van der Waals surface area contributed by atoms with Crippen molar-refractivity contribution in [2.24, 2.45) is 11.8 Å². The van der Waals surface area contributed by atoms with Gasteiger partial charge >= 0.3 is 5.97 Å². The zero-order valence-corrected chi connectivity index (χ0v) is 36.3. The SMILES string of the molecule is COC(=O)[C@@H]1Cc2ccc(C)c(c2)-c2cc(ccc2C)[C@H](N(C)C(=O)CCC(=O)[C@@H](C)NC(=O)[C@@H](COCc2ccccc2)N(C)C(=O)CC(C)C)C(=O)C[C@@H](C)C(=O)N1. The van der Waals surface area contributed by atoms with Crippen LogP contribution in [-0.2, 0) is 56.1 Å². The second kappa shape index (κ2) is 21.5. The first kappa shape index (κ1) is 47.0. The fourth-order valence-corrected chi connectivity index (χ4v) is 7.25. The standard InChI is InChI=1S/C47H60N4O9/c1-28(2)21-43(55)50(7)39(27-60-26-33-13-11-10-12-14-33)46(57)48-32(6)40(52)19-20-42(54)51(8)44-35-18-16-30(4)37(25-35)36-23-34(17-15-29(36)3)24-38(47(58)59-9)49-45(56)31(5)22-41(44)53/h10-18,23,25,28,31-32,38-39,44H,19-22,24,26-27H2,1-9H3,(H,48,57)(H,49,56)/t31-,32-,38+,39-,44+/m1/s1. The van der Waals surface area contributed by atoms with Crippen LogP contribution in [0.3, 0.4) is 0 Å². The van der Waals surface area contributed by atoms with Gasteiger partial charge in [0.25, 0.3) is 0 Å². The number of nitrogens with zero attached hydrogens (tertiary/aromatic N) is 2. The van der Waals surface area contributed by atoms with E-state index in [0.29, 0.717) is 5.56 Å². The smallest absolute Gasteiger partial charge is 0.328 e. The number of fused-ring (bicyclic) bond motifs is 5. The molecule has 322 valence electrons. The first-order chi connectivity index (χ1) is 28.4. The molecular formula is C47H60N4O9. The number of benzene rings is 3. The van der Waals surface area contributed by atoms with E-state index in [2.05, 4.69) is 10.6 Å². The number of nitrogens with one attached hydrogen (secondary N) is 2. The van der Waals surface area contributed by atoms with Crippen LogP contribution in [0.5, 0.6) is 0 Å². The van der Waals surface area contributed by atoms with E-state index in [9.17, 15) is 33.6 Å². The predicted octanol–water partition coefficient (Wildman–Crippen LogP) is 5.22. The number of amides is 4. The van der Waals surface area contributed by atoms with E-state index in [0.717, 1.165) is 33.4 Å². The molecular weight excluding hydrogens is 765 g/mol. The highest BCUT2D eigenvalue weighted by atomic mass is 16.5. The second-order valence-electron chi connectivity index (χ2n) is 16.3. The number of likely N-dealkylation sites (N-methyl/N-ethyl adjacent to an activating group) is 2. The fraction of sp³-hybridized carbons (Fsp3) is 0.468. The molecule has 13 heteroatoms. The molecule has 13 nitrogen and oxygen atoms in total. The molecule has 1 heterocycles. The van der Waals surface area contributed by atoms with Crippen LogP contribution in [0.25, 0.3) is 11.1 Å². The summed E-state index contributed by atoms with van der Waals surface area (Å²) >= 11 is 0. The largest absolute Gasteiger partial charge is 0.467 e. The lowest BCUT2D eigenvalue weighted by molar-refractivity contribution is -0.145. The monoisotopic (exact) mass is 824 g/mol. The summed E-state index contributed by atoms with van der Waals surface area (Å²) < 4.78 is 10.9. The van der Waals surface area contributed by atoms with E-state index in [-0.39, 0.29) is 57.1 Å². The molecule has 4 rings (SSSR count). The Hall–Kier alpha value is -5.69. The van der Waals surface area contributed by atoms with Crippen molar-refractivity contribution < 1.29 is 43.0 Å². The molecule has 0 saturated heterocycles. The van der Waals surface area contributed by atoms with Crippen LogP contribution in [0, 0.1) is 25.7 Å². The first-order valence-electron chi connectivity index (χ1n) is 20.5. The molecule has 4 amide bonds. The normalized spacial score (nSPS) is 17.7. The Bertz CT molecular complexity index is 2050. The number of aryl methyl sites for hydroxylation is 2. The summed E-state index contributed by atoms with van der Waals surface area (Å²) in [5.74, 6) is -4.02. The maximum atomic E-state index is 14.2. The van der Waals surface area contributed by atoms with Gasteiger partial charge in [0.1, 0.15) is 18.1 Å². The molecule has 0 unspecified atom stereocenters. The molecule has 2 N–H and O–H groups in total. The van der Waals surface area contributed by atoms with Gasteiger partial charge in [-0.3, -0.25) is 28.8 Å². The number of esters is 1. The van der Waals surface area contributed by atoms with Crippen LogP contribution in [-0.4, -0.2) is 96.9 Å². The van der Waals surface area contributed by atoms with Gasteiger partial charge in [-0.25, -0.2) is 4.79 Å². The van der Waals surface area contributed by atoms with Crippen molar-refractivity contribution in [2.45, 2.75) is 104 Å². The minimum absolute atomic E-state index is 0.0629. The number of Topliss-reactive ketones (excluding diaryl/α,β-unsaturated/α-hetero) is 2. The summed E-state index contributed by atoms with van der Waals surface area (Å²) in [6.07, 6.45) is -0.313. The summed E-state index contributed by atoms with van der Waals surface area (Å²) in [7, 11) is 4.29. The van der Waals surface area contributed by atoms with E-state index in [1.165, 1.54) is 37.9 Å². The van der Waals surface area contributed by atoms with E-state index < -0.39 is 65.3 Å². The average Bonchev–Trinajstić information content (AvgIpc) is 3.21. The third kappa shape index (κ3) is 12.4. The summed E-state index contributed by atoms with van der Waals surface area (Å²) in [5.41, 5.74) is 5.83.